The molecule has 0 aromatic heterocycles. The summed E-state index contributed by atoms with van der Waals surface area (Å²) in [5, 5.41) is 6.00. The number of carbonyl (C=O) groups is 2. The highest BCUT2D eigenvalue weighted by atomic mass is 16.5. The minimum atomic E-state index is -0.124. The Bertz CT molecular complexity index is 744. The van der Waals surface area contributed by atoms with Crippen molar-refractivity contribution in [3.63, 3.8) is 0 Å². The largest absolute Gasteiger partial charge is 0.496 e. The van der Waals surface area contributed by atoms with Gasteiger partial charge in [0.2, 0.25) is 5.91 Å². The Labute approximate surface area is 180 Å². The number of allylic oxidation sites excluding steroid dienone is 1. The molecule has 1 aromatic rings. The molecule has 1 aliphatic rings. The summed E-state index contributed by atoms with van der Waals surface area (Å²) in [6, 6.07) is 7.25. The van der Waals surface area contributed by atoms with E-state index in [0.29, 0.717) is 49.3 Å². The molecule has 0 radical (unpaired) electrons. The zero-order chi connectivity index (χ0) is 22.1. The number of ether oxygens (including phenoxy) is 2. The van der Waals surface area contributed by atoms with Crippen molar-refractivity contribution in [2.45, 2.75) is 33.6 Å². The van der Waals surface area contributed by atoms with E-state index in [0.717, 1.165) is 6.42 Å². The summed E-state index contributed by atoms with van der Waals surface area (Å²) in [6.45, 7) is 8.15. The first-order chi connectivity index (χ1) is 14.4. The van der Waals surface area contributed by atoms with Crippen molar-refractivity contribution in [1.29, 1.82) is 0 Å². The van der Waals surface area contributed by atoms with Crippen molar-refractivity contribution in [2.24, 2.45) is 23.7 Å². The second kappa shape index (κ2) is 11.7. The normalized spacial score (nSPS) is 21.1. The van der Waals surface area contributed by atoms with Gasteiger partial charge < -0.3 is 20.1 Å². The second-order valence-electron chi connectivity index (χ2n) is 8.37. The Morgan fingerprint density at radius 1 is 1.17 bits per heavy atom. The van der Waals surface area contributed by atoms with E-state index in [-0.39, 0.29) is 23.7 Å². The topological polar surface area (TPSA) is 76.7 Å². The van der Waals surface area contributed by atoms with Crippen LogP contribution in [0.3, 0.4) is 0 Å². The number of amides is 2. The van der Waals surface area contributed by atoms with E-state index >= 15 is 0 Å². The maximum Gasteiger partial charge on any atom is 0.255 e. The molecule has 2 rings (SSSR count). The third kappa shape index (κ3) is 6.59. The number of hydrogen-bond acceptors (Lipinski definition) is 4. The molecule has 0 saturated heterocycles. The number of rotatable bonds is 10. The molecule has 0 saturated carbocycles. The summed E-state index contributed by atoms with van der Waals surface area (Å²) in [4.78, 5) is 24.9. The lowest BCUT2D eigenvalue weighted by Gasteiger charge is -2.37. The minimum Gasteiger partial charge on any atom is -0.496 e. The van der Waals surface area contributed by atoms with Crippen LogP contribution in [0.15, 0.2) is 35.9 Å². The highest BCUT2D eigenvalue weighted by molar-refractivity contribution is 5.96. The molecule has 0 heterocycles. The first-order valence-electron chi connectivity index (χ1n) is 10.7. The summed E-state index contributed by atoms with van der Waals surface area (Å²) in [5.74, 6) is 1.86. The van der Waals surface area contributed by atoms with Crippen LogP contribution < -0.4 is 15.4 Å². The molecule has 1 aromatic carbocycles. The highest BCUT2D eigenvalue weighted by Gasteiger charge is 2.32. The van der Waals surface area contributed by atoms with Gasteiger partial charge in [0.25, 0.3) is 5.91 Å². The monoisotopic (exact) mass is 416 g/mol. The van der Waals surface area contributed by atoms with Gasteiger partial charge >= 0.3 is 0 Å². The summed E-state index contributed by atoms with van der Waals surface area (Å²) >= 11 is 0. The summed E-state index contributed by atoms with van der Waals surface area (Å²) in [5.41, 5.74) is 1.77. The summed E-state index contributed by atoms with van der Waals surface area (Å²) in [7, 11) is 3.19. The molecule has 0 aliphatic heterocycles. The van der Waals surface area contributed by atoms with E-state index in [9.17, 15) is 9.59 Å². The standard InChI is InChI=1S/C24H36N2O4/c1-16(2)21-13-18(14-23(27)25-10-11-29-4)17(3)12-19(21)15-26-24(28)20-8-6-7-9-22(20)30-5/h6-9,12,16,18-19,21H,10-11,13-15H2,1-5H3,(H,25,27)(H,26,28)/t18-,19-,21-/m0/s1. The molecule has 0 bridgehead atoms. The predicted octanol–water partition coefficient (Wildman–Crippen LogP) is 3.43. The zero-order valence-electron chi connectivity index (χ0n) is 18.9. The molecule has 30 heavy (non-hydrogen) atoms. The van der Waals surface area contributed by atoms with Gasteiger partial charge in [0.15, 0.2) is 0 Å². The van der Waals surface area contributed by atoms with Crippen molar-refractivity contribution in [2.75, 3.05) is 33.9 Å². The van der Waals surface area contributed by atoms with Crippen LogP contribution in [0.1, 0.15) is 44.0 Å². The fourth-order valence-electron chi connectivity index (χ4n) is 4.23. The number of hydrogen-bond donors (Lipinski definition) is 2. The van der Waals surface area contributed by atoms with Crippen LogP contribution in [0.5, 0.6) is 5.75 Å². The molecule has 6 nitrogen and oxygen atoms in total. The Morgan fingerprint density at radius 3 is 2.57 bits per heavy atom. The van der Waals surface area contributed by atoms with Gasteiger partial charge in [0, 0.05) is 26.6 Å². The van der Waals surface area contributed by atoms with Crippen LogP contribution >= 0.6 is 0 Å². The van der Waals surface area contributed by atoms with E-state index in [1.807, 2.05) is 12.1 Å². The number of methoxy groups -OCH3 is 2. The molecular formula is C24H36N2O4. The van der Waals surface area contributed by atoms with Gasteiger partial charge in [-0.1, -0.05) is 37.6 Å². The van der Waals surface area contributed by atoms with Crippen LogP contribution in [-0.4, -0.2) is 45.7 Å². The Balaban J connectivity index is 2.02. The van der Waals surface area contributed by atoms with Gasteiger partial charge in [-0.2, -0.15) is 0 Å². The first kappa shape index (κ1) is 23.9. The maximum absolute atomic E-state index is 12.7. The number of carbonyl (C=O) groups excluding carboxylic acids is 2. The second-order valence-corrected chi connectivity index (χ2v) is 8.37. The van der Waals surface area contributed by atoms with Crippen molar-refractivity contribution in [1.82, 2.24) is 10.6 Å². The number of benzene rings is 1. The van der Waals surface area contributed by atoms with Gasteiger partial charge in [-0.15, -0.1) is 0 Å². The van der Waals surface area contributed by atoms with Gasteiger partial charge in [-0.25, -0.2) is 0 Å². The molecule has 6 heteroatoms. The van der Waals surface area contributed by atoms with E-state index < -0.39 is 0 Å². The molecule has 2 amide bonds. The highest BCUT2D eigenvalue weighted by Crippen LogP contribution is 2.38. The maximum atomic E-state index is 12.7. The zero-order valence-corrected chi connectivity index (χ0v) is 18.9. The van der Waals surface area contributed by atoms with Crippen molar-refractivity contribution in [3.8, 4) is 5.75 Å². The molecule has 2 N–H and O–H groups in total. The van der Waals surface area contributed by atoms with E-state index in [2.05, 4.69) is 37.5 Å². The van der Waals surface area contributed by atoms with Crippen molar-refractivity contribution in [3.05, 3.63) is 41.5 Å². The van der Waals surface area contributed by atoms with Gasteiger partial charge in [0.05, 0.1) is 19.3 Å². The van der Waals surface area contributed by atoms with Crippen LogP contribution in [0.2, 0.25) is 0 Å². The van der Waals surface area contributed by atoms with Crippen LogP contribution in [0.4, 0.5) is 0 Å². The average Bonchev–Trinajstić information content (AvgIpc) is 2.73. The Hall–Kier alpha value is -2.34. The lowest BCUT2D eigenvalue weighted by atomic mass is 9.69. The van der Waals surface area contributed by atoms with E-state index in [1.54, 1.807) is 26.4 Å². The Morgan fingerprint density at radius 2 is 1.90 bits per heavy atom. The number of nitrogens with one attached hydrogen (secondary N) is 2. The van der Waals surface area contributed by atoms with Crippen LogP contribution in [0.25, 0.3) is 0 Å². The van der Waals surface area contributed by atoms with Gasteiger partial charge in [-0.05, 0) is 49.1 Å². The lowest BCUT2D eigenvalue weighted by Crippen LogP contribution is -2.38. The predicted molar refractivity (Wildman–Crippen MR) is 119 cm³/mol. The molecule has 0 fully saturated rings. The molecule has 0 unspecified atom stereocenters. The average molecular weight is 417 g/mol. The fraction of sp³-hybridized carbons (Fsp3) is 0.583. The third-order valence-corrected chi connectivity index (χ3v) is 5.99. The van der Waals surface area contributed by atoms with Gasteiger partial charge in [0.1, 0.15) is 5.75 Å². The Kier molecular flexibility index (Phi) is 9.37. The summed E-state index contributed by atoms with van der Waals surface area (Å²) < 4.78 is 10.3. The molecular weight excluding hydrogens is 380 g/mol. The fourth-order valence-corrected chi connectivity index (χ4v) is 4.23. The molecule has 166 valence electrons. The van der Waals surface area contributed by atoms with E-state index in [4.69, 9.17) is 9.47 Å². The van der Waals surface area contributed by atoms with Gasteiger partial charge in [-0.3, -0.25) is 9.59 Å². The number of para-hydroxylation sites is 1. The molecule has 3 atom stereocenters. The van der Waals surface area contributed by atoms with Crippen molar-refractivity contribution >= 4 is 11.8 Å². The SMILES string of the molecule is COCCNC(=O)C[C@@H]1C[C@@H](C(C)C)[C@H](CNC(=O)c2ccccc2OC)C=C1C. The minimum absolute atomic E-state index is 0.0650. The summed E-state index contributed by atoms with van der Waals surface area (Å²) in [6.07, 6.45) is 3.70. The smallest absolute Gasteiger partial charge is 0.255 e. The molecule has 0 spiro atoms. The van der Waals surface area contributed by atoms with Crippen LogP contribution in [-0.2, 0) is 9.53 Å². The van der Waals surface area contributed by atoms with Crippen LogP contribution in [0, 0.1) is 23.7 Å². The molecule has 1 aliphatic carbocycles. The quantitative estimate of drug-likeness (QED) is 0.453. The van der Waals surface area contributed by atoms with Crippen molar-refractivity contribution < 1.29 is 19.1 Å². The third-order valence-electron chi connectivity index (χ3n) is 5.99. The lowest BCUT2D eigenvalue weighted by molar-refractivity contribution is -0.122. The first-order valence-corrected chi connectivity index (χ1v) is 10.7. The van der Waals surface area contributed by atoms with E-state index in [1.165, 1.54) is 5.57 Å².